The van der Waals surface area contributed by atoms with Crippen LogP contribution < -0.4 is 11.3 Å². The Bertz CT molecular complexity index is 634. The van der Waals surface area contributed by atoms with Crippen molar-refractivity contribution in [3.05, 3.63) is 16.7 Å². The third kappa shape index (κ3) is 1.66. The molecule has 0 spiro atoms. The Morgan fingerprint density at radius 1 is 1.61 bits per heavy atom. The predicted molar refractivity (Wildman–Crippen MR) is 62.8 cm³/mol. The fourth-order valence-electron chi connectivity index (χ4n) is 2.21. The van der Waals surface area contributed by atoms with Crippen molar-refractivity contribution in [2.75, 3.05) is 12.3 Å². The summed E-state index contributed by atoms with van der Waals surface area (Å²) in [5.74, 6) is 0.0401. The standard InChI is InChI=1S/C10H13N5O3/c11-10-13-8-7(9(17)14-10)15(4-12-8)6-2-1-5(3-16)18-6/h4-6,16H,1-3H2,(H3,11,13,14,17)/t5-,6+/m1/s1. The molecule has 2 atom stereocenters. The van der Waals surface area contributed by atoms with E-state index in [1.807, 2.05) is 0 Å². The van der Waals surface area contributed by atoms with Crippen LogP contribution in [-0.4, -0.2) is 37.3 Å². The number of aromatic nitrogens is 4. The summed E-state index contributed by atoms with van der Waals surface area (Å²) >= 11 is 0. The number of aromatic amines is 1. The Morgan fingerprint density at radius 3 is 3.17 bits per heavy atom. The van der Waals surface area contributed by atoms with Crippen LogP contribution in [0.2, 0.25) is 0 Å². The number of hydrogen-bond acceptors (Lipinski definition) is 6. The maximum Gasteiger partial charge on any atom is 0.278 e. The molecule has 0 aromatic carbocycles. The molecule has 8 heteroatoms. The maximum atomic E-state index is 11.8. The van der Waals surface area contributed by atoms with Crippen LogP contribution in [0.25, 0.3) is 11.2 Å². The van der Waals surface area contributed by atoms with E-state index in [0.29, 0.717) is 11.2 Å². The second kappa shape index (κ2) is 4.07. The van der Waals surface area contributed by atoms with Gasteiger partial charge in [-0.25, -0.2) is 4.98 Å². The van der Waals surface area contributed by atoms with Gasteiger partial charge in [0.1, 0.15) is 6.23 Å². The van der Waals surface area contributed by atoms with E-state index in [0.717, 1.165) is 12.8 Å². The molecule has 1 fully saturated rings. The average molecular weight is 251 g/mol. The number of nitrogens with one attached hydrogen (secondary N) is 1. The second-order valence-corrected chi connectivity index (χ2v) is 4.25. The number of hydrogen-bond donors (Lipinski definition) is 3. The minimum absolute atomic E-state index is 0.0231. The van der Waals surface area contributed by atoms with Gasteiger partial charge in [0.05, 0.1) is 19.0 Å². The average Bonchev–Trinajstić information content (AvgIpc) is 2.93. The number of rotatable bonds is 2. The van der Waals surface area contributed by atoms with E-state index in [4.69, 9.17) is 15.6 Å². The lowest BCUT2D eigenvalue weighted by Crippen LogP contribution is -2.18. The largest absolute Gasteiger partial charge is 0.394 e. The molecule has 1 saturated heterocycles. The third-order valence-corrected chi connectivity index (χ3v) is 3.06. The monoisotopic (exact) mass is 251 g/mol. The molecular formula is C10H13N5O3. The number of fused-ring (bicyclic) bond motifs is 1. The van der Waals surface area contributed by atoms with Crippen LogP contribution in [-0.2, 0) is 4.74 Å². The fraction of sp³-hybridized carbons (Fsp3) is 0.500. The summed E-state index contributed by atoms with van der Waals surface area (Å²) in [6, 6.07) is 0. The van der Waals surface area contributed by atoms with Gasteiger partial charge in [0.15, 0.2) is 11.2 Å². The smallest absolute Gasteiger partial charge is 0.278 e. The summed E-state index contributed by atoms with van der Waals surface area (Å²) < 4.78 is 7.24. The minimum Gasteiger partial charge on any atom is -0.394 e. The van der Waals surface area contributed by atoms with Gasteiger partial charge in [-0.1, -0.05) is 0 Å². The highest BCUT2D eigenvalue weighted by Crippen LogP contribution is 2.29. The quantitative estimate of drug-likeness (QED) is 0.654. The zero-order chi connectivity index (χ0) is 12.7. The summed E-state index contributed by atoms with van der Waals surface area (Å²) in [5.41, 5.74) is 5.75. The molecule has 18 heavy (non-hydrogen) atoms. The molecule has 0 saturated carbocycles. The van der Waals surface area contributed by atoms with Crippen molar-refractivity contribution in [1.29, 1.82) is 0 Å². The number of nitrogen functional groups attached to an aromatic ring is 1. The van der Waals surface area contributed by atoms with Gasteiger partial charge in [0.25, 0.3) is 5.56 Å². The molecule has 0 unspecified atom stereocenters. The molecule has 4 N–H and O–H groups in total. The summed E-state index contributed by atoms with van der Waals surface area (Å²) in [6.45, 7) is -0.0231. The summed E-state index contributed by atoms with van der Waals surface area (Å²) in [7, 11) is 0. The molecule has 3 heterocycles. The van der Waals surface area contributed by atoms with Gasteiger partial charge < -0.3 is 15.6 Å². The number of aliphatic hydroxyl groups is 1. The fourth-order valence-corrected chi connectivity index (χ4v) is 2.21. The van der Waals surface area contributed by atoms with Crippen molar-refractivity contribution in [3.8, 4) is 0 Å². The van der Waals surface area contributed by atoms with Crippen molar-refractivity contribution in [1.82, 2.24) is 19.5 Å². The molecular weight excluding hydrogens is 238 g/mol. The van der Waals surface area contributed by atoms with Gasteiger partial charge in [0, 0.05) is 0 Å². The number of H-pyrrole nitrogens is 1. The van der Waals surface area contributed by atoms with Crippen molar-refractivity contribution >= 4 is 17.1 Å². The van der Waals surface area contributed by atoms with Gasteiger partial charge in [0.2, 0.25) is 5.95 Å². The van der Waals surface area contributed by atoms with Crippen LogP contribution >= 0.6 is 0 Å². The van der Waals surface area contributed by atoms with E-state index in [-0.39, 0.29) is 30.4 Å². The first-order chi connectivity index (χ1) is 8.69. The normalized spacial score (nSPS) is 23.8. The lowest BCUT2D eigenvalue weighted by Gasteiger charge is -2.13. The summed E-state index contributed by atoms with van der Waals surface area (Å²) in [4.78, 5) is 22.3. The zero-order valence-electron chi connectivity index (χ0n) is 9.54. The number of nitrogens with zero attached hydrogens (tertiary/aromatic N) is 3. The molecule has 1 aliphatic heterocycles. The van der Waals surface area contributed by atoms with Gasteiger partial charge in [-0.15, -0.1) is 0 Å². The Balaban J connectivity index is 2.06. The van der Waals surface area contributed by atoms with E-state index in [1.54, 1.807) is 4.57 Å². The highest BCUT2D eigenvalue weighted by molar-refractivity contribution is 5.70. The van der Waals surface area contributed by atoms with Crippen LogP contribution in [0.15, 0.2) is 11.1 Å². The van der Waals surface area contributed by atoms with Gasteiger partial charge in [-0.05, 0) is 12.8 Å². The lowest BCUT2D eigenvalue weighted by atomic mass is 10.2. The van der Waals surface area contributed by atoms with Crippen LogP contribution in [0, 0.1) is 0 Å². The van der Waals surface area contributed by atoms with Crippen LogP contribution in [0.5, 0.6) is 0 Å². The van der Waals surface area contributed by atoms with E-state index in [1.165, 1.54) is 6.33 Å². The van der Waals surface area contributed by atoms with E-state index in [9.17, 15) is 4.79 Å². The van der Waals surface area contributed by atoms with Crippen LogP contribution in [0.3, 0.4) is 0 Å². The highest BCUT2D eigenvalue weighted by atomic mass is 16.5. The summed E-state index contributed by atoms with van der Waals surface area (Å²) in [5, 5.41) is 9.04. The Labute approximate surface area is 101 Å². The number of anilines is 1. The molecule has 1 aliphatic rings. The second-order valence-electron chi connectivity index (χ2n) is 4.25. The number of ether oxygens (including phenoxy) is 1. The maximum absolute atomic E-state index is 11.8. The first-order valence-electron chi connectivity index (χ1n) is 5.67. The zero-order valence-corrected chi connectivity index (χ0v) is 9.54. The molecule has 0 bridgehead atoms. The number of imidazole rings is 1. The molecule has 3 rings (SSSR count). The highest BCUT2D eigenvalue weighted by Gasteiger charge is 2.27. The first kappa shape index (κ1) is 11.2. The van der Waals surface area contributed by atoms with E-state index < -0.39 is 0 Å². The molecule has 0 aliphatic carbocycles. The van der Waals surface area contributed by atoms with Gasteiger partial charge in [-0.3, -0.25) is 14.3 Å². The SMILES string of the molecule is Nc1nc2ncn([C@@H]3CC[C@H](CO)O3)c2c(=O)[nH]1. The molecule has 0 amide bonds. The van der Waals surface area contributed by atoms with Crippen LogP contribution in [0.1, 0.15) is 19.1 Å². The number of nitrogens with two attached hydrogens (primary N) is 1. The van der Waals surface area contributed by atoms with Crippen molar-refractivity contribution in [2.45, 2.75) is 25.2 Å². The molecule has 0 radical (unpaired) electrons. The Kier molecular flexibility index (Phi) is 2.53. The van der Waals surface area contributed by atoms with Gasteiger partial charge in [-0.2, -0.15) is 4.98 Å². The topological polar surface area (TPSA) is 119 Å². The molecule has 2 aromatic rings. The first-order valence-corrected chi connectivity index (χ1v) is 5.67. The van der Waals surface area contributed by atoms with Crippen LogP contribution in [0.4, 0.5) is 5.95 Å². The van der Waals surface area contributed by atoms with Crippen molar-refractivity contribution in [2.24, 2.45) is 0 Å². The van der Waals surface area contributed by atoms with E-state index in [2.05, 4.69) is 15.0 Å². The predicted octanol–water partition coefficient (Wildman–Crippen LogP) is -0.628. The lowest BCUT2D eigenvalue weighted by molar-refractivity contribution is -0.0205. The van der Waals surface area contributed by atoms with Crippen molar-refractivity contribution in [3.63, 3.8) is 0 Å². The molecule has 96 valence electrons. The molecule has 8 nitrogen and oxygen atoms in total. The van der Waals surface area contributed by atoms with Gasteiger partial charge >= 0.3 is 0 Å². The number of aliphatic hydroxyl groups excluding tert-OH is 1. The summed E-state index contributed by atoms with van der Waals surface area (Å²) in [6.07, 6.45) is 2.50. The Morgan fingerprint density at radius 2 is 2.44 bits per heavy atom. The molecule has 2 aromatic heterocycles. The van der Waals surface area contributed by atoms with E-state index >= 15 is 0 Å². The minimum atomic E-state index is -0.342. The Hall–Kier alpha value is -1.93. The third-order valence-electron chi connectivity index (χ3n) is 3.06. The van der Waals surface area contributed by atoms with Crippen molar-refractivity contribution < 1.29 is 9.84 Å².